The lowest BCUT2D eigenvalue weighted by Gasteiger charge is -2.06. The highest BCUT2D eigenvalue weighted by molar-refractivity contribution is 7.90. The summed E-state index contributed by atoms with van der Waals surface area (Å²) in [6.45, 7) is 1.11. The minimum absolute atomic E-state index is 0.0739. The van der Waals surface area contributed by atoms with Gasteiger partial charge in [-0.25, -0.2) is 13.1 Å². The van der Waals surface area contributed by atoms with Crippen molar-refractivity contribution in [2.24, 2.45) is 0 Å². The molecule has 2 aromatic carbocycles. The largest absolute Gasteiger partial charge is 0.323 e. The number of rotatable bonds is 5. The lowest BCUT2D eigenvalue weighted by molar-refractivity contribution is -0.117. The number of benzene rings is 2. The van der Waals surface area contributed by atoms with Crippen LogP contribution in [0.25, 0.3) is 6.08 Å². The van der Waals surface area contributed by atoms with Gasteiger partial charge in [0.05, 0.1) is 4.90 Å². The van der Waals surface area contributed by atoms with Crippen LogP contribution in [0.1, 0.15) is 12.5 Å². The molecule has 0 saturated heterocycles. The van der Waals surface area contributed by atoms with Gasteiger partial charge in [0.2, 0.25) is 11.8 Å². The molecule has 0 aromatic heterocycles. The van der Waals surface area contributed by atoms with Crippen molar-refractivity contribution in [2.45, 2.75) is 11.8 Å². The van der Waals surface area contributed by atoms with Crippen molar-refractivity contribution >= 4 is 45.2 Å². The summed E-state index contributed by atoms with van der Waals surface area (Å²) in [5, 5.41) is 3.17. The van der Waals surface area contributed by atoms with Crippen molar-refractivity contribution in [2.75, 3.05) is 5.32 Å². The molecular formula is C17H15ClN2O4S. The normalized spacial score (nSPS) is 11.3. The van der Waals surface area contributed by atoms with E-state index in [1.54, 1.807) is 30.3 Å². The zero-order chi connectivity index (χ0) is 18.4. The van der Waals surface area contributed by atoms with E-state index >= 15 is 0 Å². The van der Waals surface area contributed by atoms with Crippen molar-refractivity contribution in [3.63, 3.8) is 0 Å². The first-order chi connectivity index (χ1) is 11.8. The molecule has 0 aliphatic heterocycles. The van der Waals surface area contributed by atoms with Gasteiger partial charge >= 0.3 is 0 Å². The molecule has 0 unspecified atom stereocenters. The number of hydrogen-bond acceptors (Lipinski definition) is 4. The minimum atomic E-state index is -3.89. The predicted octanol–water partition coefficient (Wildman–Crippen LogP) is 2.82. The number of carbonyl (C=O) groups is 2. The standard InChI is InChI=1S/C17H15ClN2O4S/c1-12(21)20-25(23,24)16-8-6-15(7-9-16)19-17(22)10-5-13-3-2-4-14(18)11-13/h2-11H,1H3,(H,19,22)(H,20,21)/b10-5+. The average molecular weight is 379 g/mol. The second-order valence-corrected chi connectivity index (χ2v) is 7.18. The Hall–Kier alpha value is -2.64. The predicted molar refractivity (Wildman–Crippen MR) is 96.6 cm³/mol. The Labute approximate surface area is 150 Å². The van der Waals surface area contributed by atoms with Gasteiger partial charge in [-0.15, -0.1) is 0 Å². The van der Waals surface area contributed by atoms with Gasteiger partial charge in [-0.1, -0.05) is 23.7 Å². The molecule has 2 aromatic rings. The molecule has 0 atom stereocenters. The summed E-state index contributed by atoms with van der Waals surface area (Å²) in [6, 6.07) is 12.5. The Morgan fingerprint density at radius 2 is 1.76 bits per heavy atom. The first-order valence-corrected chi connectivity index (χ1v) is 9.00. The van der Waals surface area contributed by atoms with E-state index in [2.05, 4.69) is 5.32 Å². The molecule has 2 amide bonds. The summed E-state index contributed by atoms with van der Waals surface area (Å²) in [7, 11) is -3.89. The van der Waals surface area contributed by atoms with Gasteiger partial charge in [-0.3, -0.25) is 9.59 Å². The number of anilines is 1. The summed E-state index contributed by atoms with van der Waals surface area (Å²) < 4.78 is 25.5. The monoisotopic (exact) mass is 378 g/mol. The Morgan fingerprint density at radius 1 is 1.08 bits per heavy atom. The zero-order valence-corrected chi connectivity index (χ0v) is 14.8. The smallest absolute Gasteiger partial charge is 0.264 e. The third-order valence-corrected chi connectivity index (χ3v) is 4.67. The van der Waals surface area contributed by atoms with Crippen molar-refractivity contribution in [1.29, 1.82) is 0 Å². The summed E-state index contributed by atoms with van der Waals surface area (Å²) in [4.78, 5) is 22.7. The van der Waals surface area contributed by atoms with Crippen LogP contribution in [0.4, 0.5) is 5.69 Å². The third kappa shape index (κ3) is 5.74. The lowest BCUT2D eigenvalue weighted by atomic mass is 10.2. The molecule has 0 aliphatic carbocycles. The highest BCUT2D eigenvalue weighted by Crippen LogP contribution is 2.15. The SMILES string of the molecule is CC(=O)NS(=O)(=O)c1ccc(NC(=O)/C=C/c2cccc(Cl)c2)cc1. The van der Waals surface area contributed by atoms with Gasteiger partial charge in [0.1, 0.15) is 0 Å². The van der Waals surface area contributed by atoms with E-state index in [9.17, 15) is 18.0 Å². The molecule has 0 fully saturated rings. The molecule has 25 heavy (non-hydrogen) atoms. The van der Waals surface area contributed by atoms with Gasteiger partial charge in [0.15, 0.2) is 0 Å². The summed E-state index contributed by atoms with van der Waals surface area (Å²) in [6.07, 6.45) is 2.95. The van der Waals surface area contributed by atoms with Crippen molar-refractivity contribution in [1.82, 2.24) is 4.72 Å². The van der Waals surface area contributed by atoms with Crippen LogP contribution in [0.15, 0.2) is 59.5 Å². The van der Waals surface area contributed by atoms with Crippen molar-refractivity contribution in [3.05, 3.63) is 65.2 Å². The van der Waals surface area contributed by atoms with Crippen molar-refractivity contribution in [3.8, 4) is 0 Å². The zero-order valence-electron chi connectivity index (χ0n) is 13.2. The Kier molecular flexibility index (Phi) is 5.95. The number of sulfonamides is 1. The van der Waals surface area contributed by atoms with E-state index in [0.29, 0.717) is 10.7 Å². The fraction of sp³-hybridized carbons (Fsp3) is 0.0588. The number of nitrogens with one attached hydrogen (secondary N) is 2. The average Bonchev–Trinajstić information content (AvgIpc) is 2.52. The molecule has 0 radical (unpaired) electrons. The van der Waals surface area contributed by atoms with Gasteiger partial charge in [-0.05, 0) is 48.0 Å². The summed E-state index contributed by atoms with van der Waals surface area (Å²) >= 11 is 5.86. The first kappa shape index (κ1) is 18.7. The van der Waals surface area contributed by atoms with Crippen LogP contribution in [0, 0.1) is 0 Å². The molecule has 2 N–H and O–H groups in total. The maximum atomic E-state index is 11.9. The van der Waals surface area contributed by atoms with Gasteiger partial charge in [0.25, 0.3) is 10.0 Å². The number of carbonyl (C=O) groups excluding carboxylic acids is 2. The highest BCUT2D eigenvalue weighted by atomic mass is 35.5. The lowest BCUT2D eigenvalue weighted by Crippen LogP contribution is -2.28. The van der Waals surface area contributed by atoms with E-state index in [4.69, 9.17) is 11.6 Å². The fourth-order valence-corrected chi connectivity index (χ4v) is 3.12. The molecule has 0 bridgehead atoms. The second kappa shape index (κ2) is 7.96. The topological polar surface area (TPSA) is 92.3 Å². The number of amides is 2. The Bertz CT molecular complexity index is 922. The van der Waals surface area contributed by atoms with E-state index < -0.39 is 15.9 Å². The molecule has 0 saturated carbocycles. The van der Waals surface area contributed by atoms with Gasteiger partial charge in [-0.2, -0.15) is 0 Å². The van der Waals surface area contributed by atoms with Crippen LogP contribution in [0.3, 0.4) is 0 Å². The molecule has 0 aliphatic rings. The van der Waals surface area contributed by atoms with Crippen LogP contribution in [-0.2, 0) is 19.6 Å². The molecule has 2 rings (SSSR count). The van der Waals surface area contributed by atoms with Gasteiger partial charge in [0, 0.05) is 23.7 Å². The first-order valence-electron chi connectivity index (χ1n) is 7.14. The van der Waals surface area contributed by atoms with Crippen LogP contribution in [0.5, 0.6) is 0 Å². The Balaban J connectivity index is 2.03. The molecule has 0 spiro atoms. The van der Waals surface area contributed by atoms with Crippen molar-refractivity contribution < 1.29 is 18.0 Å². The molecule has 6 nitrogen and oxygen atoms in total. The van der Waals surface area contributed by atoms with E-state index in [1.807, 2.05) is 4.72 Å². The Morgan fingerprint density at radius 3 is 2.36 bits per heavy atom. The van der Waals surface area contributed by atoms with E-state index in [1.165, 1.54) is 30.3 Å². The second-order valence-electron chi connectivity index (χ2n) is 5.06. The highest BCUT2D eigenvalue weighted by Gasteiger charge is 2.15. The van der Waals surface area contributed by atoms with Crippen LogP contribution in [0.2, 0.25) is 5.02 Å². The number of halogens is 1. The van der Waals surface area contributed by atoms with Crippen LogP contribution < -0.4 is 10.0 Å². The fourth-order valence-electron chi connectivity index (χ4n) is 1.93. The molecule has 130 valence electrons. The molecular weight excluding hydrogens is 364 g/mol. The summed E-state index contributed by atoms with van der Waals surface area (Å²) in [5.41, 5.74) is 1.20. The van der Waals surface area contributed by atoms with E-state index in [0.717, 1.165) is 12.5 Å². The maximum absolute atomic E-state index is 11.9. The summed E-state index contributed by atoms with van der Waals surface area (Å²) in [5.74, 6) is -1.05. The van der Waals surface area contributed by atoms with E-state index in [-0.39, 0.29) is 10.8 Å². The number of hydrogen-bond donors (Lipinski definition) is 2. The molecule has 8 heteroatoms. The third-order valence-electron chi connectivity index (χ3n) is 2.99. The van der Waals surface area contributed by atoms with Gasteiger partial charge < -0.3 is 5.32 Å². The van der Waals surface area contributed by atoms with Crippen LogP contribution >= 0.6 is 11.6 Å². The minimum Gasteiger partial charge on any atom is -0.323 e. The maximum Gasteiger partial charge on any atom is 0.264 e. The van der Waals surface area contributed by atoms with Crippen LogP contribution in [-0.4, -0.2) is 20.2 Å². The quantitative estimate of drug-likeness (QED) is 0.782. The molecule has 0 heterocycles.